The number of nitrogens with zero attached hydrogens (tertiary/aromatic N) is 2. The first-order valence-electron chi connectivity index (χ1n) is 6.96. The van der Waals surface area contributed by atoms with Crippen LogP contribution in [-0.2, 0) is 13.1 Å². The molecule has 1 aromatic carbocycles. The molecule has 114 valence electrons. The van der Waals surface area contributed by atoms with E-state index in [1.807, 2.05) is 17.8 Å². The van der Waals surface area contributed by atoms with E-state index in [1.165, 1.54) is 12.1 Å². The van der Waals surface area contributed by atoms with Gasteiger partial charge in [0.25, 0.3) is 0 Å². The molecule has 2 rings (SSSR count). The molecule has 0 saturated heterocycles. The maximum absolute atomic E-state index is 13.1. The van der Waals surface area contributed by atoms with Crippen LogP contribution in [0.25, 0.3) is 0 Å². The van der Waals surface area contributed by atoms with Crippen LogP contribution in [0, 0.1) is 12.7 Å². The molecule has 21 heavy (non-hydrogen) atoms. The predicted molar refractivity (Wildman–Crippen MR) is 84.1 cm³/mol. The van der Waals surface area contributed by atoms with Crippen molar-refractivity contribution in [2.45, 2.75) is 46.3 Å². The van der Waals surface area contributed by atoms with Crippen molar-refractivity contribution in [2.75, 3.05) is 0 Å². The van der Waals surface area contributed by atoms with Crippen molar-refractivity contribution in [2.24, 2.45) is 0 Å². The van der Waals surface area contributed by atoms with Crippen molar-refractivity contribution in [3.05, 3.63) is 52.1 Å². The molecular weight excluding hydrogens is 289 g/mol. The predicted octanol–water partition coefficient (Wildman–Crippen LogP) is 3.92. The smallest absolute Gasteiger partial charge is 0.124 e. The summed E-state index contributed by atoms with van der Waals surface area (Å²) in [5.74, 6) is -0.324. The van der Waals surface area contributed by atoms with Crippen LogP contribution in [0.1, 0.15) is 37.6 Å². The van der Waals surface area contributed by atoms with Crippen LogP contribution >= 0.6 is 11.6 Å². The van der Waals surface area contributed by atoms with Gasteiger partial charge in [-0.05, 0) is 45.4 Å². The van der Waals surface area contributed by atoms with E-state index in [1.54, 1.807) is 6.07 Å². The number of hydrogen-bond donors (Lipinski definition) is 1. The number of aromatic nitrogens is 2. The Bertz CT molecular complexity index is 629. The van der Waals surface area contributed by atoms with Gasteiger partial charge in [0.1, 0.15) is 5.82 Å². The van der Waals surface area contributed by atoms with Crippen molar-refractivity contribution in [1.29, 1.82) is 0 Å². The number of hydrogen-bond acceptors (Lipinski definition) is 2. The summed E-state index contributed by atoms with van der Waals surface area (Å²) in [5, 5.41) is 8.37. The van der Waals surface area contributed by atoms with E-state index in [9.17, 15) is 4.39 Å². The van der Waals surface area contributed by atoms with Gasteiger partial charge in [-0.1, -0.05) is 17.7 Å². The lowest BCUT2D eigenvalue weighted by atomic mass is 10.1. The van der Waals surface area contributed by atoms with Crippen molar-refractivity contribution < 1.29 is 4.39 Å². The van der Waals surface area contributed by atoms with E-state index >= 15 is 0 Å². The van der Waals surface area contributed by atoms with E-state index in [0.717, 1.165) is 23.4 Å². The molecule has 0 aliphatic heterocycles. The molecule has 0 atom stereocenters. The molecular formula is C16H21ClFN3. The fourth-order valence-electron chi connectivity index (χ4n) is 2.00. The summed E-state index contributed by atoms with van der Waals surface area (Å²) >= 11 is 6.05. The van der Waals surface area contributed by atoms with Crippen LogP contribution in [0.4, 0.5) is 4.39 Å². The van der Waals surface area contributed by atoms with Gasteiger partial charge in [-0.3, -0.25) is 4.68 Å². The summed E-state index contributed by atoms with van der Waals surface area (Å²) in [7, 11) is 0. The van der Waals surface area contributed by atoms with Crippen LogP contribution in [0.5, 0.6) is 0 Å². The van der Waals surface area contributed by atoms with Crippen molar-refractivity contribution in [3.8, 4) is 0 Å². The first-order chi connectivity index (χ1) is 9.74. The summed E-state index contributed by atoms with van der Waals surface area (Å²) in [4.78, 5) is 0. The number of nitrogens with one attached hydrogen (secondary N) is 1. The first kappa shape index (κ1) is 16.0. The molecule has 0 saturated carbocycles. The highest BCUT2D eigenvalue weighted by atomic mass is 35.5. The third kappa shape index (κ3) is 4.55. The van der Waals surface area contributed by atoms with E-state index in [4.69, 9.17) is 11.6 Å². The van der Waals surface area contributed by atoms with Crippen molar-refractivity contribution >= 4 is 11.6 Å². The van der Waals surface area contributed by atoms with Crippen molar-refractivity contribution in [3.63, 3.8) is 0 Å². The average molecular weight is 310 g/mol. The molecule has 1 heterocycles. The molecule has 0 spiro atoms. The lowest BCUT2D eigenvalue weighted by molar-refractivity contribution is 0.423. The lowest BCUT2D eigenvalue weighted by Gasteiger charge is -2.20. The molecule has 5 heteroatoms. The summed E-state index contributed by atoms with van der Waals surface area (Å²) in [6.07, 6.45) is 2.01. The molecule has 0 radical (unpaired) electrons. The van der Waals surface area contributed by atoms with Gasteiger partial charge in [-0.15, -0.1) is 0 Å². The van der Waals surface area contributed by atoms with Gasteiger partial charge >= 0.3 is 0 Å². The molecule has 0 amide bonds. The van der Waals surface area contributed by atoms with Crippen LogP contribution in [0.2, 0.25) is 5.02 Å². The molecule has 0 aliphatic carbocycles. The molecule has 0 bridgehead atoms. The van der Waals surface area contributed by atoms with Crippen LogP contribution in [0.15, 0.2) is 24.4 Å². The zero-order chi connectivity index (χ0) is 15.6. The van der Waals surface area contributed by atoms with Gasteiger partial charge in [-0.25, -0.2) is 4.39 Å². The lowest BCUT2D eigenvalue weighted by Crippen LogP contribution is -2.35. The Kier molecular flexibility index (Phi) is 4.69. The molecule has 2 aromatic rings. The zero-order valence-corrected chi connectivity index (χ0v) is 13.6. The Morgan fingerprint density at radius 3 is 2.62 bits per heavy atom. The minimum atomic E-state index is -0.324. The molecule has 0 unspecified atom stereocenters. The summed E-state index contributed by atoms with van der Waals surface area (Å²) < 4.78 is 14.9. The minimum absolute atomic E-state index is 0.0643. The Morgan fingerprint density at radius 1 is 1.29 bits per heavy atom. The second-order valence-corrected chi connectivity index (χ2v) is 6.68. The molecule has 3 nitrogen and oxygen atoms in total. The Labute approximate surface area is 130 Å². The van der Waals surface area contributed by atoms with Gasteiger partial charge in [0.05, 0.1) is 12.2 Å². The van der Waals surface area contributed by atoms with E-state index < -0.39 is 0 Å². The Balaban J connectivity index is 2.11. The summed E-state index contributed by atoms with van der Waals surface area (Å²) in [6, 6.07) is 4.44. The fourth-order valence-corrected chi connectivity index (χ4v) is 2.23. The molecule has 1 aromatic heterocycles. The third-order valence-corrected chi connectivity index (χ3v) is 3.56. The quantitative estimate of drug-likeness (QED) is 0.927. The van der Waals surface area contributed by atoms with Crippen LogP contribution in [-0.4, -0.2) is 15.3 Å². The molecule has 0 aliphatic rings. The van der Waals surface area contributed by atoms with E-state index in [2.05, 4.69) is 31.2 Å². The minimum Gasteiger partial charge on any atom is -0.308 e. The second kappa shape index (κ2) is 6.16. The number of benzene rings is 1. The third-order valence-electron chi connectivity index (χ3n) is 3.20. The van der Waals surface area contributed by atoms with E-state index in [0.29, 0.717) is 11.6 Å². The highest BCUT2D eigenvalue weighted by molar-refractivity contribution is 6.31. The molecule has 0 fully saturated rings. The average Bonchev–Trinajstić information content (AvgIpc) is 2.70. The highest BCUT2D eigenvalue weighted by Crippen LogP contribution is 2.19. The second-order valence-electron chi connectivity index (χ2n) is 6.28. The highest BCUT2D eigenvalue weighted by Gasteiger charge is 2.12. The van der Waals surface area contributed by atoms with Gasteiger partial charge < -0.3 is 5.32 Å². The van der Waals surface area contributed by atoms with Gasteiger partial charge in [0.15, 0.2) is 0 Å². The normalized spacial score (nSPS) is 11.9. The number of halogens is 2. The topological polar surface area (TPSA) is 29.9 Å². The van der Waals surface area contributed by atoms with Gasteiger partial charge in [-0.2, -0.15) is 5.10 Å². The standard InChI is InChI=1S/C16H21ClFN3/c1-11-13(8-19-16(2,3)4)10-21(20-11)9-12-5-6-14(18)7-15(12)17/h5-7,10,19H,8-9H2,1-4H3. The SMILES string of the molecule is Cc1nn(Cc2ccc(F)cc2Cl)cc1CNC(C)(C)C. The maximum Gasteiger partial charge on any atom is 0.124 e. The van der Waals surface area contributed by atoms with Gasteiger partial charge in [0, 0.05) is 28.9 Å². The maximum atomic E-state index is 13.1. The van der Waals surface area contributed by atoms with Crippen molar-refractivity contribution in [1.82, 2.24) is 15.1 Å². The van der Waals surface area contributed by atoms with Crippen LogP contribution in [0.3, 0.4) is 0 Å². The number of rotatable bonds is 4. The Morgan fingerprint density at radius 2 is 2.00 bits per heavy atom. The monoisotopic (exact) mass is 309 g/mol. The summed E-state index contributed by atoms with van der Waals surface area (Å²) in [5.41, 5.74) is 3.07. The van der Waals surface area contributed by atoms with Gasteiger partial charge in [0.2, 0.25) is 0 Å². The molecule has 1 N–H and O–H groups in total. The zero-order valence-electron chi connectivity index (χ0n) is 12.9. The fraction of sp³-hybridized carbons (Fsp3) is 0.438. The van der Waals surface area contributed by atoms with E-state index in [-0.39, 0.29) is 11.4 Å². The number of aryl methyl sites for hydroxylation is 1. The van der Waals surface area contributed by atoms with Crippen LogP contribution < -0.4 is 5.32 Å². The summed E-state index contributed by atoms with van der Waals surface area (Å²) in [6.45, 7) is 9.69. The Hall–Kier alpha value is -1.39. The largest absolute Gasteiger partial charge is 0.308 e. The first-order valence-corrected chi connectivity index (χ1v) is 7.34.